The Bertz CT molecular complexity index is 573. The van der Waals surface area contributed by atoms with Crippen LogP contribution in [0.5, 0.6) is 11.5 Å². The quantitative estimate of drug-likeness (QED) is 0.915. The van der Waals surface area contributed by atoms with Crippen molar-refractivity contribution in [3.63, 3.8) is 0 Å². The summed E-state index contributed by atoms with van der Waals surface area (Å²) >= 11 is 0. The van der Waals surface area contributed by atoms with E-state index < -0.39 is 17.7 Å². The van der Waals surface area contributed by atoms with Crippen LogP contribution in [0.2, 0.25) is 0 Å². The van der Waals surface area contributed by atoms with Crippen LogP contribution in [0, 0.1) is 11.6 Å². The van der Waals surface area contributed by atoms with Gasteiger partial charge in [0.25, 0.3) is 0 Å². The molecule has 0 aliphatic heterocycles. The van der Waals surface area contributed by atoms with E-state index in [9.17, 15) is 8.78 Å². The second-order valence-corrected chi connectivity index (χ2v) is 4.26. The van der Waals surface area contributed by atoms with Crippen LogP contribution in [0.4, 0.5) is 8.78 Å². The van der Waals surface area contributed by atoms with Gasteiger partial charge in [-0.2, -0.15) is 0 Å². The van der Waals surface area contributed by atoms with Crippen LogP contribution in [0.15, 0.2) is 42.5 Å². The smallest absolute Gasteiger partial charge is 0.128 e. The van der Waals surface area contributed by atoms with Crippen molar-refractivity contribution < 1.29 is 18.3 Å². The van der Waals surface area contributed by atoms with Gasteiger partial charge in [0.2, 0.25) is 0 Å². The first kappa shape index (κ1) is 14.3. The van der Waals surface area contributed by atoms with E-state index in [1.165, 1.54) is 0 Å². The molecule has 0 fully saturated rings. The van der Waals surface area contributed by atoms with Gasteiger partial charge in [-0.1, -0.05) is 0 Å². The highest BCUT2D eigenvalue weighted by Gasteiger charge is 2.13. The van der Waals surface area contributed by atoms with Gasteiger partial charge in [-0.05, 0) is 42.5 Å². The molecule has 0 spiro atoms. The molecule has 0 amide bonds. The molecule has 0 radical (unpaired) electrons. The number of ether oxygens (including phenoxy) is 2. The normalized spacial score (nSPS) is 12.0. The third-order valence-corrected chi connectivity index (χ3v) is 2.85. The standard InChI is InChI=1S/C15H15F2NO2/c1-19-11-3-5-12(6-4-11)20-9-15(18)13-8-10(16)2-7-14(13)17/h2-8,15H,9,18H2,1H3. The lowest BCUT2D eigenvalue weighted by atomic mass is 10.1. The zero-order chi connectivity index (χ0) is 14.5. The molecular weight excluding hydrogens is 264 g/mol. The summed E-state index contributed by atoms with van der Waals surface area (Å²) in [6, 6.07) is 9.35. The molecule has 2 rings (SSSR count). The molecule has 20 heavy (non-hydrogen) atoms. The Hall–Kier alpha value is -2.14. The van der Waals surface area contributed by atoms with Crippen LogP contribution in [0.25, 0.3) is 0 Å². The van der Waals surface area contributed by atoms with Gasteiger partial charge in [0, 0.05) is 5.56 Å². The zero-order valence-corrected chi connectivity index (χ0v) is 11.0. The maximum absolute atomic E-state index is 13.5. The van der Waals surface area contributed by atoms with Crippen LogP contribution >= 0.6 is 0 Å². The van der Waals surface area contributed by atoms with Crippen LogP contribution in [0.3, 0.4) is 0 Å². The highest BCUT2D eigenvalue weighted by atomic mass is 19.1. The summed E-state index contributed by atoms with van der Waals surface area (Å²) < 4.78 is 37.1. The van der Waals surface area contributed by atoms with E-state index in [0.29, 0.717) is 11.5 Å². The molecule has 2 N–H and O–H groups in total. The van der Waals surface area contributed by atoms with Crippen molar-refractivity contribution in [3.8, 4) is 11.5 Å². The van der Waals surface area contributed by atoms with Crippen molar-refractivity contribution in [2.45, 2.75) is 6.04 Å². The van der Waals surface area contributed by atoms with Crippen LogP contribution < -0.4 is 15.2 Å². The number of hydrogen-bond acceptors (Lipinski definition) is 3. The molecule has 1 unspecified atom stereocenters. The molecule has 0 aliphatic rings. The molecule has 2 aromatic rings. The number of rotatable bonds is 5. The lowest BCUT2D eigenvalue weighted by Gasteiger charge is -2.14. The second-order valence-electron chi connectivity index (χ2n) is 4.26. The molecule has 0 saturated carbocycles. The minimum Gasteiger partial charge on any atom is -0.497 e. The van der Waals surface area contributed by atoms with Crippen molar-refractivity contribution in [2.24, 2.45) is 5.73 Å². The molecule has 1 atom stereocenters. The van der Waals surface area contributed by atoms with Crippen molar-refractivity contribution in [2.75, 3.05) is 13.7 Å². The highest BCUT2D eigenvalue weighted by Crippen LogP contribution is 2.20. The lowest BCUT2D eigenvalue weighted by Crippen LogP contribution is -2.20. The van der Waals surface area contributed by atoms with Crippen molar-refractivity contribution in [1.82, 2.24) is 0 Å². The summed E-state index contributed by atoms with van der Waals surface area (Å²) in [6.45, 7) is 0.0483. The van der Waals surface area contributed by atoms with E-state index >= 15 is 0 Å². The Balaban J connectivity index is 2.00. The zero-order valence-electron chi connectivity index (χ0n) is 11.0. The highest BCUT2D eigenvalue weighted by molar-refractivity contribution is 5.31. The van der Waals surface area contributed by atoms with E-state index in [4.69, 9.17) is 15.2 Å². The first-order valence-corrected chi connectivity index (χ1v) is 6.07. The van der Waals surface area contributed by atoms with Crippen LogP contribution in [-0.2, 0) is 0 Å². The van der Waals surface area contributed by atoms with Crippen molar-refractivity contribution in [1.29, 1.82) is 0 Å². The number of nitrogens with two attached hydrogens (primary N) is 1. The number of methoxy groups -OCH3 is 1. The average Bonchev–Trinajstić information content (AvgIpc) is 2.47. The van der Waals surface area contributed by atoms with Gasteiger partial charge in [0.15, 0.2) is 0 Å². The SMILES string of the molecule is COc1ccc(OCC(N)c2cc(F)ccc2F)cc1. The number of benzene rings is 2. The number of halogens is 2. The van der Waals surface area contributed by atoms with Crippen LogP contribution in [0.1, 0.15) is 11.6 Å². The van der Waals surface area contributed by atoms with Gasteiger partial charge in [0.05, 0.1) is 13.2 Å². The molecule has 0 bridgehead atoms. The van der Waals surface area contributed by atoms with E-state index in [2.05, 4.69) is 0 Å². The van der Waals surface area contributed by atoms with Crippen molar-refractivity contribution in [3.05, 3.63) is 59.7 Å². The molecule has 0 aromatic heterocycles. The van der Waals surface area contributed by atoms with Crippen molar-refractivity contribution >= 4 is 0 Å². The summed E-state index contributed by atoms with van der Waals surface area (Å²) in [5.41, 5.74) is 5.91. The predicted octanol–water partition coefficient (Wildman–Crippen LogP) is 3.05. The topological polar surface area (TPSA) is 44.5 Å². The molecule has 0 heterocycles. The van der Waals surface area contributed by atoms with Gasteiger partial charge < -0.3 is 15.2 Å². The minimum atomic E-state index is -0.743. The Morgan fingerprint density at radius 3 is 2.35 bits per heavy atom. The fraction of sp³-hybridized carbons (Fsp3) is 0.200. The van der Waals surface area contributed by atoms with Gasteiger partial charge in [-0.15, -0.1) is 0 Å². The maximum Gasteiger partial charge on any atom is 0.128 e. The molecule has 0 aliphatic carbocycles. The largest absolute Gasteiger partial charge is 0.497 e. The van der Waals surface area contributed by atoms with Crippen LogP contribution in [-0.4, -0.2) is 13.7 Å². The Morgan fingerprint density at radius 1 is 1.05 bits per heavy atom. The predicted molar refractivity (Wildman–Crippen MR) is 71.8 cm³/mol. The molecular formula is C15H15F2NO2. The Labute approximate surface area is 115 Å². The lowest BCUT2D eigenvalue weighted by molar-refractivity contribution is 0.287. The summed E-state index contributed by atoms with van der Waals surface area (Å²) in [4.78, 5) is 0. The van der Waals surface area contributed by atoms with E-state index in [-0.39, 0.29) is 12.2 Å². The summed E-state index contributed by atoms with van der Waals surface area (Å²) in [5.74, 6) is 0.217. The number of hydrogen-bond donors (Lipinski definition) is 1. The average molecular weight is 279 g/mol. The summed E-state index contributed by atoms with van der Waals surface area (Å²) in [5, 5.41) is 0. The molecule has 2 aromatic carbocycles. The third kappa shape index (κ3) is 3.45. The first-order chi connectivity index (χ1) is 9.60. The van der Waals surface area contributed by atoms with E-state index in [1.807, 2.05) is 0 Å². The monoisotopic (exact) mass is 279 g/mol. The summed E-state index contributed by atoms with van der Waals surface area (Å²) in [6.07, 6.45) is 0. The minimum absolute atomic E-state index is 0.0483. The van der Waals surface area contributed by atoms with E-state index in [1.54, 1.807) is 31.4 Å². The fourth-order valence-electron chi connectivity index (χ4n) is 1.75. The molecule has 106 valence electrons. The Kier molecular flexibility index (Phi) is 4.53. The fourth-order valence-corrected chi connectivity index (χ4v) is 1.75. The molecule has 3 nitrogen and oxygen atoms in total. The third-order valence-electron chi connectivity index (χ3n) is 2.85. The van der Waals surface area contributed by atoms with Gasteiger partial charge >= 0.3 is 0 Å². The Morgan fingerprint density at radius 2 is 1.70 bits per heavy atom. The maximum atomic E-state index is 13.5. The van der Waals surface area contributed by atoms with Gasteiger partial charge in [0.1, 0.15) is 29.7 Å². The molecule has 0 saturated heterocycles. The van der Waals surface area contributed by atoms with E-state index in [0.717, 1.165) is 18.2 Å². The molecule has 5 heteroatoms. The summed E-state index contributed by atoms with van der Waals surface area (Å²) in [7, 11) is 1.57. The second kappa shape index (κ2) is 6.34. The van der Waals surface area contributed by atoms with Gasteiger partial charge in [-0.3, -0.25) is 0 Å². The first-order valence-electron chi connectivity index (χ1n) is 6.07. The van der Waals surface area contributed by atoms with Gasteiger partial charge in [-0.25, -0.2) is 8.78 Å².